The third-order valence-corrected chi connectivity index (χ3v) is 2.93. The maximum atomic E-state index is 11.2. The summed E-state index contributed by atoms with van der Waals surface area (Å²) in [4.78, 5) is 21.9. The van der Waals surface area contributed by atoms with Crippen molar-refractivity contribution >= 4 is 17.5 Å². The number of aryl methyl sites for hydroxylation is 2. The number of carbonyl (C=O) groups is 1. The molecule has 0 fully saturated rings. The van der Waals surface area contributed by atoms with E-state index in [0.29, 0.717) is 6.54 Å². The molecule has 0 aliphatic rings. The van der Waals surface area contributed by atoms with Crippen LogP contribution in [0.3, 0.4) is 0 Å². The van der Waals surface area contributed by atoms with Gasteiger partial charge in [0.1, 0.15) is 11.7 Å². The number of hydrogen-bond donors (Lipinski definition) is 2. The van der Waals surface area contributed by atoms with Crippen LogP contribution in [0.1, 0.15) is 25.5 Å². The van der Waals surface area contributed by atoms with Gasteiger partial charge in [0, 0.05) is 26.7 Å². The van der Waals surface area contributed by atoms with Crippen molar-refractivity contribution in [1.29, 1.82) is 0 Å². The van der Waals surface area contributed by atoms with E-state index in [1.165, 1.54) is 18.7 Å². The van der Waals surface area contributed by atoms with Crippen LogP contribution in [0.15, 0.2) is 0 Å². The zero-order valence-corrected chi connectivity index (χ0v) is 12.3. The van der Waals surface area contributed by atoms with Crippen LogP contribution < -0.4 is 5.32 Å². The summed E-state index contributed by atoms with van der Waals surface area (Å²) in [6.07, 6.45) is 0.919. The number of hydrogen-bond acceptors (Lipinski definition) is 6. The van der Waals surface area contributed by atoms with Gasteiger partial charge in [-0.3, -0.25) is 10.1 Å². The second-order valence-corrected chi connectivity index (χ2v) is 4.58. The Hall–Kier alpha value is -2.16. The second kappa shape index (κ2) is 7.58. The number of ether oxygens (including phenoxy) is 1. The zero-order valence-electron chi connectivity index (χ0n) is 12.3. The number of aliphatic carboxylic acids is 1. The maximum absolute atomic E-state index is 11.2. The van der Waals surface area contributed by atoms with Gasteiger partial charge < -0.3 is 15.2 Å². The first-order chi connectivity index (χ1) is 9.92. The molecular weight excluding hydrogens is 280 g/mol. The normalized spacial score (nSPS) is 12.1. The van der Waals surface area contributed by atoms with E-state index in [9.17, 15) is 20.0 Å². The van der Waals surface area contributed by atoms with Gasteiger partial charge in [-0.1, -0.05) is 6.92 Å². The summed E-state index contributed by atoms with van der Waals surface area (Å²) >= 11 is 0. The molecule has 1 aromatic heterocycles. The van der Waals surface area contributed by atoms with Gasteiger partial charge in [-0.15, -0.1) is 0 Å². The minimum atomic E-state index is -1.09. The van der Waals surface area contributed by atoms with Crippen LogP contribution in [0, 0.1) is 17.0 Å². The summed E-state index contributed by atoms with van der Waals surface area (Å²) in [5.41, 5.74) is 0.0685. The molecule has 2 N–H and O–H groups in total. The van der Waals surface area contributed by atoms with E-state index in [4.69, 9.17) is 4.74 Å². The van der Waals surface area contributed by atoms with Crippen LogP contribution in [0.4, 0.5) is 11.5 Å². The molecule has 118 valence electrons. The van der Waals surface area contributed by atoms with Crippen molar-refractivity contribution in [2.24, 2.45) is 0 Å². The van der Waals surface area contributed by atoms with Crippen LogP contribution in [-0.4, -0.2) is 45.5 Å². The molecule has 0 radical (unpaired) electrons. The third kappa shape index (κ3) is 4.15. The first-order valence-corrected chi connectivity index (χ1v) is 6.62. The highest BCUT2D eigenvalue weighted by Crippen LogP contribution is 2.29. The Labute approximate surface area is 122 Å². The quantitative estimate of drug-likeness (QED) is 0.522. The van der Waals surface area contributed by atoms with Crippen LogP contribution in [0.5, 0.6) is 0 Å². The van der Waals surface area contributed by atoms with Gasteiger partial charge in [0.2, 0.25) is 5.82 Å². The van der Waals surface area contributed by atoms with Crippen LogP contribution in [0.2, 0.25) is 0 Å². The van der Waals surface area contributed by atoms with Crippen molar-refractivity contribution in [2.45, 2.75) is 39.3 Å². The number of rotatable bonds is 9. The molecule has 0 spiro atoms. The van der Waals surface area contributed by atoms with Crippen molar-refractivity contribution in [3.8, 4) is 0 Å². The lowest BCUT2D eigenvalue weighted by Gasteiger charge is -2.15. The molecule has 0 aliphatic carbocycles. The zero-order chi connectivity index (χ0) is 16.0. The maximum Gasteiger partial charge on any atom is 0.333 e. The molecule has 1 aromatic rings. The van der Waals surface area contributed by atoms with Crippen LogP contribution in [0.25, 0.3) is 0 Å². The Morgan fingerprint density at radius 2 is 2.29 bits per heavy atom. The van der Waals surface area contributed by atoms with Crippen molar-refractivity contribution < 1.29 is 19.6 Å². The topological polar surface area (TPSA) is 120 Å². The molecule has 0 saturated carbocycles. The predicted octanol–water partition coefficient (Wildman–Crippen LogP) is 1.41. The van der Waals surface area contributed by atoms with E-state index in [-0.39, 0.29) is 30.2 Å². The molecule has 9 nitrogen and oxygen atoms in total. The molecule has 0 amide bonds. The summed E-state index contributed by atoms with van der Waals surface area (Å²) in [5.74, 6) is -0.967. The number of methoxy groups -OCH3 is 1. The number of carboxylic acid groups (broad SMARTS) is 1. The van der Waals surface area contributed by atoms with Gasteiger partial charge >= 0.3 is 11.7 Å². The van der Waals surface area contributed by atoms with E-state index >= 15 is 0 Å². The number of nitro groups is 1. The molecule has 1 unspecified atom stereocenters. The van der Waals surface area contributed by atoms with Crippen molar-refractivity contribution in [3.05, 3.63) is 15.8 Å². The summed E-state index contributed by atoms with van der Waals surface area (Å²) in [6, 6.07) is -0.977. The van der Waals surface area contributed by atoms with E-state index in [0.717, 1.165) is 6.42 Å². The fourth-order valence-corrected chi connectivity index (χ4v) is 1.97. The second-order valence-electron chi connectivity index (χ2n) is 4.58. The van der Waals surface area contributed by atoms with Gasteiger partial charge in [0.25, 0.3) is 0 Å². The molecule has 1 heterocycles. The lowest BCUT2D eigenvalue weighted by atomic mass is 10.2. The average Bonchev–Trinajstić information content (AvgIpc) is 2.70. The minimum absolute atomic E-state index is 0.128. The largest absolute Gasteiger partial charge is 0.480 e. The van der Waals surface area contributed by atoms with E-state index < -0.39 is 16.9 Å². The Balaban J connectivity index is 3.12. The molecule has 9 heteroatoms. The van der Waals surface area contributed by atoms with E-state index in [1.807, 2.05) is 6.92 Å². The average molecular weight is 300 g/mol. The standard InChI is InChI=1S/C12H20N4O5/c1-4-6-15-11(10(16(19)20)8(2)14-15)13-9(12(17)18)5-7-21-3/h9,13H,4-7H2,1-3H3,(H,17,18). The van der Waals surface area contributed by atoms with Crippen molar-refractivity contribution in [3.63, 3.8) is 0 Å². The number of aromatic nitrogens is 2. The van der Waals surface area contributed by atoms with Crippen molar-refractivity contribution in [2.75, 3.05) is 19.0 Å². The molecule has 1 atom stereocenters. The summed E-state index contributed by atoms with van der Waals surface area (Å²) in [7, 11) is 1.47. The Morgan fingerprint density at radius 1 is 1.62 bits per heavy atom. The number of carboxylic acids is 1. The third-order valence-electron chi connectivity index (χ3n) is 2.93. The molecule has 0 saturated heterocycles. The first-order valence-electron chi connectivity index (χ1n) is 6.62. The fraction of sp³-hybridized carbons (Fsp3) is 0.667. The molecule has 0 aromatic carbocycles. The number of anilines is 1. The smallest absolute Gasteiger partial charge is 0.333 e. The van der Waals surface area contributed by atoms with Gasteiger partial charge in [0.15, 0.2) is 0 Å². The lowest BCUT2D eigenvalue weighted by molar-refractivity contribution is -0.384. The Bertz CT molecular complexity index is 514. The summed E-state index contributed by atoms with van der Waals surface area (Å²) in [6.45, 7) is 4.14. The van der Waals surface area contributed by atoms with E-state index in [1.54, 1.807) is 0 Å². The molecule has 0 bridgehead atoms. The Morgan fingerprint density at radius 3 is 2.76 bits per heavy atom. The highest BCUT2D eigenvalue weighted by Gasteiger charge is 2.29. The summed E-state index contributed by atoms with van der Waals surface area (Å²) in [5, 5.41) is 27.2. The van der Waals surface area contributed by atoms with Gasteiger partial charge in [-0.05, 0) is 13.3 Å². The molecule has 21 heavy (non-hydrogen) atoms. The fourth-order valence-electron chi connectivity index (χ4n) is 1.97. The number of nitrogens with zero attached hydrogens (tertiary/aromatic N) is 3. The lowest BCUT2D eigenvalue weighted by Crippen LogP contribution is -2.31. The highest BCUT2D eigenvalue weighted by molar-refractivity contribution is 5.78. The highest BCUT2D eigenvalue weighted by atomic mass is 16.6. The first kappa shape index (κ1) is 16.9. The summed E-state index contributed by atoms with van der Waals surface area (Å²) < 4.78 is 6.30. The molecular formula is C12H20N4O5. The SMILES string of the molecule is CCCn1nc(C)c([N+](=O)[O-])c1NC(CCOC)C(=O)O. The van der Waals surface area contributed by atoms with Crippen molar-refractivity contribution in [1.82, 2.24) is 9.78 Å². The molecule has 0 aliphatic heterocycles. The Kier molecular flexibility index (Phi) is 6.10. The number of nitrogens with one attached hydrogen (secondary N) is 1. The predicted molar refractivity (Wildman–Crippen MR) is 75.4 cm³/mol. The van der Waals surface area contributed by atoms with Gasteiger partial charge in [-0.2, -0.15) is 5.10 Å². The minimum Gasteiger partial charge on any atom is -0.480 e. The van der Waals surface area contributed by atoms with Crippen LogP contribution >= 0.6 is 0 Å². The monoisotopic (exact) mass is 300 g/mol. The molecule has 1 rings (SSSR count). The van der Waals surface area contributed by atoms with E-state index in [2.05, 4.69) is 10.4 Å². The van der Waals surface area contributed by atoms with Gasteiger partial charge in [0.05, 0.1) is 4.92 Å². The van der Waals surface area contributed by atoms with Gasteiger partial charge in [-0.25, -0.2) is 9.48 Å². The van der Waals surface area contributed by atoms with Crippen LogP contribution in [-0.2, 0) is 16.1 Å².